The van der Waals surface area contributed by atoms with E-state index in [0.717, 1.165) is 39.0 Å². The second kappa shape index (κ2) is 7.17. The Hall–Kier alpha value is -0.160. The lowest BCUT2D eigenvalue weighted by Crippen LogP contribution is -2.45. The average molecular weight is 217 g/mol. The van der Waals surface area contributed by atoms with Gasteiger partial charge in [0, 0.05) is 45.8 Å². The van der Waals surface area contributed by atoms with Crippen LogP contribution >= 0.6 is 0 Å². The van der Waals surface area contributed by atoms with Gasteiger partial charge in [-0.05, 0) is 19.9 Å². The summed E-state index contributed by atoms with van der Waals surface area (Å²) in [5.41, 5.74) is -0.552. The van der Waals surface area contributed by atoms with Crippen molar-refractivity contribution in [3.63, 3.8) is 0 Å². The molecule has 0 aromatic rings. The standard InChI is InChI=1S/C11H23NO3/c1-2-14-7-3-6-12-10-11(13)4-8-15-9-5-11/h12-13H,2-10H2,1H3. The van der Waals surface area contributed by atoms with Gasteiger partial charge in [-0.25, -0.2) is 0 Å². The fourth-order valence-electron chi connectivity index (χ4n) is 1.69. The van der Waals surface area contributed by atoms with Gasteiger partial charge < -0.3 is 19.9 Å². The van der Waals surface area contributed by atoms with Gasteiger partial charge in [0.05, 0.1) is 5.60 Å². The normalized spacial score (nSPS) is 20.4. The SMILES string of the molecule is CCOCCCNCC1(O)CCOCC1. The van der Waals surface area contributed by atoms with E-state index in [1.54, 1.807) is 0 Å². The lowest BCUT2D eigenvalue weighted by atomic mass is 9.94. The molecule has 1 aliphatic rings. The number of ether oxygens (including phenoxy) is 2. The molecule has 1 fully saturated rings. The second-order valence-electron chi connectivity index (χ2n) is 4.06. The summed E-state index contributed by atoms with van der Waals surface area (Å²) in [6, 6.07) is 0. The van der Waals surface area contributed by atoms with E-state index >= 15 is 0 Å². The maximum atomic E-state index is 10.1. The van der Waals surface area contributed by atoms with Crippen molar-refractivity contribution in [3.05, 3.63) is 0 Å². The monoisotopic (exact) mass is 217 g/mol. The van der Waals surface area contributed by atoms with Gasteiger partial charge in [0.1, 0.15) is 0 Å². The van der Waals surface area contributed by atoms with Crippen LogP contribution in [-0.4, -0.2) is 50.2 Å². The molecule has 0 amide bonds. The highest BCUT2D eigenvalue weighted by atomic mass is 16.5. The Kier molecular flexibility index (Phi) is 6.17. The second-order valence-corrected chi connectivity index (χ2v) is 4.06. The molecule has 4 nitrogen and oxygen atoms in total. The van der Waals surface area contributed by atoms with Crippen LogP contribution in [0.25, 0.3) is 0 Å². The topological polar surface area (TPSA) is 50.7 Å². The Morgan fingerprint density at radius 1 is 1.40 bits per heavy atom. The molecule has 0 aromatic heterocycles. The van der Waals surface area contributed by atoms with Crippen molar-refractivity contribution in [1.29, 1.82) is 0 Å². The maximum Gasteiger partial charge on any atom is 0.0815 e. The molecule has 1 aliphatic heterocycles. The molecule has 0 saturated carbocycles. The fourth-order valence-corrected chi connectivity index (χ4v) is 1.69. The zero-order valence-electron chi connectivity index (χ0n) is 9.63. The minimum atomic E-state index is -0.552. The van der Waals surface area contributed by atoms with Crippen LogP contribution in [0, 0.1) is 0 Å². The van der Waals surface area contributed by atoms with Gasteiger partial charge >= 0.3 is 0 Å². The van der Waals surface area contributed by atoms with Crippen molar-refractivity contribution in [1.82, 2.24) is 5.32 Å². The summed E-state index contributed by atoms with van der Waals surface area (Å²) >= 11 is 0. The van der Waals surface area contributed by atoms with E-state index in [2.05, 4.69) is 5.32 Å². The third-order valence-corrected chi connectivity index (χ3v) is 2.72. The Labute approximate surface area is 92.0 Å². The molecule has 0 bridgehead atoms. The summed E-state index contributed by atoms with van der Waals surface area (Å²) in [6.45, 7) is 6.50. The van der Waals surface area contributed by atoms with Crippen molar-refractivity contribution >= 4 is 0 Å². The number of hydrogen-bond donors (Lipinski definition) is 2. The first-order valence-electron chi connectivity index (χ1n) is 5.85. The van der Waals surface area contributed by atoms with Crippen molar-refractivity contribution in [2.45, 2.75) is 31.8 Å². The van der Waals surface area contributed by atoms with Crippen molar-refractivity contribution < 1.29 is 14.6 Å². The first-order valence-corrected chi connectivity index (χ1v) is 5.85. The molecule has 90 valence electrons. The molecule has 0 unspecified atom stereocenters. The molecule has 0 spiro atoms. The Balaban J connectivity index is 1.98. The summed E-state index contributed by atoms with van der Waals surface area (Å²) in [4.78, 5) is 0. The van der Waals surface area contributed by atoms with Crippen LogP contribution < -0.4 is 5.32 Å². The van der Waals surface area contributed by atoms with Crippen molar-refractivity contribution in [2.75, 3.05) is 39.5 Å². The van der Waals surface area contributed by atoms with Gasteiger partial charge in [-0.1, -0.05) is 0 Å². The quantitative estimate of drug-likeness (QED) is 0.611. The van der Waals surface area contributed by atoms with E-state index in [1.165, 1.54) is 0 Å². The van der Waals surface area contributed by atoms with Crippen LogP contribution in [0.3, 0.4) is 0 Å². The summed E-state index contributed by atoms with van der Waals surface area (Å²) < 4.78 is 10.4. The lowest BCUT2D eigenvalue weighted by molar-refractivity contribution is -0.0616. The molecule has 0 atom stereocenters. The van der Waals surface area contributed by atoms with Crippen LogP contribution in [0.15, 0.2) is 0 Å². The van der Waals surface area contributed by atoms with Crippen molar-refractivity contribution in [2.24, 2.45) is 0 Å². The number of hydrogen-bond acceptors (Lipinski definition) is 4. The van der Waals surface area contributed by atoms with Crippen LogP contribution in [-0.2, 0) is 9.47 Å². The third kappa shape index (κ3) is 5.47. The van der Waals surface area contributed by atoms with Gasteiger partial charge in [0.25, 0.3) is 0 Å². The van der Waals surface area contributed by atoms with E-state index in [9.17, 15) is 5.11 Å². The third-order valence-electron chi connectivity index (χ3n) is 2.72. The average Bonchev–Trinajstić information content (AvgIpc) is 2.24. The number of aliphatic hydroxyl groups is 1. The van der Waals surface area contributed by atoms with E-state index in [0.29, 0.717) is 19.8 Å². The molecular weight excluding hydrogens is 194 g/mol. The molecule has 0 radical (unpaired) electrons. The first-order chi connectivity index (χ1) is 7.27. The Morgan fingerprint density at radius 2 is 2.13 bits per heavy atom. The molecule has 1 rings (SSSR count). The smallest absolute Gasteiger partial charge is 0.0815 e. The molecular formula is C11H23NO3. The molecule has 4 heteroatoms. The maximum absolute atomic E-state index is 10.1. The Bertz CT molecular complexity index is 158. The zero-order valence-corrected chi connectivity index (χ0v) is 9.63. The molecule has 2 N–H and O–H groups in total. The molecule has 1 saturated heterocycles. The predicted octanol–water partition coefficient (Wildman–Crippen LogP) is 0.544. The largest absolute Gasteiger partial charge is 0.388 e. The summed E-state index contributed by atoms with van der Waals surface area (Å²) in [5, 5.41) is 13.4. The highest BCUT2D eigenvalue weighted by molar-refractivity contribution is 4.83. The first kappa shape index (κ1) is 12.9. The minimum absolute atomic E-state index is 0.552. The van der Waals surface area contributed by atoms with E-state index in [4.69, 9.17) is 9.47 Å². The summed E-state index contributed by atoms with van der Waals surface area (Å²) in [6.07, 6.45) is 2.48. The lowest BCUT2D eigenvalue weighted by Gasteiger charge is -2.32. The van der Waals surface area contributed by atoms with Crippen LogP contribution in [0.1, 0.15) is 26.2 Å². The zero-order chi connectivity index (χ0) is 11.0. The van der Waals surface area contributed by atoms with Gasteiger partial charge in [0.15, 0.2) is 0 Å². The van der Waals surface area contributed by atoms with Gasteiger partial charge in [0.2, 0.25) is 0 Å². The number of nitrogens with one attached hydrogen (secondary N) is 1. The highest BCUT2D eigenvalue weighted by Gasteiger charge is 2.28. The highest BCUT2D eigenvalue weighted by Crippen LogP contribution is 2.18. The predicted molar refractivity (Wildman–Crippen MR) is 59.0 cm³/mol. The molecule has 1 heterocycles. The van der Waals surface area contributed by atoms with Crippen LogP contribution in [0.5, 0.6) is 0 Å². The van der Waals surface area contributed by atoms with Crippen LogP contribution in [0.4, 0.5) is 0 Å². The molecule has 0 aliphatic carbocycles. The Morgan fingerprint density at radius 3 is 2.80 bits per heavy atom. The van der Waals surface area contributed by atoms with Gasteiger partial charge in [-0.15, -0.1) is 0 Å². The minimum Gasteiger partial charge on any atom is -0.388 e. The van der Waals surface area contributed by atoms with Crippen molar-refractivity contribution in [3.8, 4) is 0 Å². The molecule has 0 aromatic carbocycles. The van der Waals surface area contributed by atoms with Gasteiger partial charge in [-0.2, -0.15) is 0 Å². The fraction of sp³-hybridized carbons (Fsp3) is 1.00. The van der Waals surface area contributed by atoms with Crippen LogP contribution in [0.2, 0.25) is 0 Å². The van der Waals surface area contributed by atoms with E-state index in [1.807, 2.05) is 6.92 Å². The summed E-state index contributed by atoms with van der Waals surface area (Å²) in [5.74, 6) is 0. The molecule has 15 heavy (non-hydrogen) atoms. The van der Waals surface area contributed by atoms with E-state index in [-0.39, 0.29) is 0 Å². The summed E-state index contributed by atoms with van der Waals surface area (Å²) in [7, 11) is 0. The number of rotatable bonds is 7. The van der Waals surface area contributed by atoms with Gasteiger partial charge in [-0.3, -0.25) is 0 Å². The van der Waals surface area contributed by atoms with E-state index < -0.39 is 5.60 Å².